The van der Waals surface area contributed by atoms with Crippen LogP contribution in [0.15, 0.2) is 29.0 Å². The molecule has 17 heavy (non-hydrogen) atoms. The third-order valence-corrected chi connectivity index (χ3v) is 4.23. The lowest BCUT2D eigenvalue weighted by molar-refractivity contribution is -0.676. The molecule has 0 saturated heterocycles. The molecule has 0 aromatic carbocycles. The highest BCUT2D eigenvalue weighted by molar-refractivity contribution is 9.10. The van der Waals surface area contributed by atoms with Gasteiger partial charge in [0.1, 0.15) is 0 Å². The van der Waals surface area contributed by atoms with Gasteiger partial charge in [-0.1, -0.05) is 50.8 Å². The zero-order valence-electron chi connectivity index (χ0n) is 10.7. The second-order valence-corrected chi connectivity index (χ2v) is 6.33. The normalized spacial score (nSPS) is 10.7. The van der Waals surface area contributed by atoms with Crippen LogP contribution in [0.25, 0.3) is 0 Å². The Labute approximate surface area is 118 Å². The zero-order chi connectivity index (χ0) is 12.3. The van der Waals surface area contributed by atoms with Crippen LogP contribution in [0.5, 0.6) is 0 Å². The first-order chi connectivity index (χ1) is 8.33. The number of hydrogen-bond donors (Lipinski definition) is 0. The van der Waals surface area contributed by atoms with Crippen molar-refractivity contribution in [2.24, 2.45) is 0 Å². The fourth-order valence-electron chi connectivity index (χ4n) is 1.72. The monoisotopic (exact) mass is 316 g/mol. The third kappa shape index (κ3) is 7.82. The van der Waals surface area contributed by atoms with Gasteiger partial charge in [0, 0.05) is 6.07 Å². The van der Waals surface area contributed by atoms with Crippen molar-refractivity contribution in [2.45, 2.75) is 51.3 Å². The molecular weight excluding hydrogens is 294 g/mol. The number of halogens is 1. The van der Waals surface area contributed by atoms with Gasteiger partial charge in [-0.05, 0) is 34.2 Å². The lowest BCUT2D eigenvalue weighted by atomic mass is 10.1. The van der Waals surface area contributed by atoms with Gasteiger partial charge < -0.3 is 0 Å². The third-order valence-electron chi connectivity index (χ3n) is 2.70. The number of unbranched alkanes of at least 4 members (excludes halogenated alkanes) is 5. The Bertz CT molecular complexity index is 304. The maximum absolute atomic E-state index is 3.49. The fourth-order valence-corrected chi connectivity index (χ4v) is 3.05. The van der Waals surface area contributed by atoms with Crippen LogP contribution in [-0.2, 0) is 5.88 Å². The van der Waals surface area contributed by atoms with E-state index in [9.17, 15) is 0 Å². The number of aromatic nitrogens is 1. The average Bonchev–Trinajstić information content (AvgIpc) is 2.33. The quantitative estimate of drug-likeness (QED) is 0.468. The molecule has 1 aromatic rings. The highest BCUT2D eigenvalue weighted by Crippen LogP contribution is 2.10. The standard InChI is InChI=1S/C14H23BrNS/c1-2-3-4-5-6-7-11-17-13-16-10-8-9-14(15)12-16/h8-10,12H,2-7,11,13H2,1H3/q+1. The second-order valence-electron chi connectivity index (χ2n) is 4.34. The van der Waals surface area contributed by atoms with Crippen LogP contribution in [-0.4, -0.2) is 5.75 Å². The summed E-state index contributed by atoms with van der Waals surface area (Å²) in [7, 11) is 0. The molecule has 0 aliphatic heterocycles. The van der Waals surface area contributed by atoms with E-state index in [2.05, 4.69) is 51.9 Å². The Kier molecular flexibility index (Phi) is 8.81. The maximum atomic E-state index is 3.49. The van der Waals surface area contributed by atoms with Gasteiger partial charge in [0.2, 0.25) is 0 Å². The minimum atomic E-state index is 1.06. The van der Waals surface area contributed by atoms with E-state index in [1.54, 1.807) is 0 Å². The van der Waals surface area contributed by atoms with Crippen molar-refractivity contribution in [3.8, 4) is 0 Å². The Balaban J connectivity index is 1.97. The summed E-state index contributed by atoms with van der Waals surface area (Å²) in [6, 6.07) is 4.14. The summed E-state index contributed by atoms with van der Waals surface area (Å²) in [6.07, 6.45) is 12.6. The SMILES string of the molecule is CCCCCCCCSC[n+]1cccc(Br)c1. The van der Waals surface area contributed by atoms with Gasteiger partial charge >= 0.3 is 0 Å². The molecule has 1 rings (SSSR count). The van der Waals surface area contributed by atoms with Crippen molar-refractivity contribution >= 4 is 27.7 Å². The van der Waals surface area contributed by atoms with Gasteiger partial charge in [-0.15, -0.1) is 0 Å². The molecule has 96 valence electrons. The van der Waals surface area contributed by atoms with Gasteiger partial charge in [-0.2, -0.15) is 4.57 Å². The molecule has 1 aromatic heterocycles. The predicted molar refractivity (Wildman–Crippen MR) is 80.2 cm³/mol. The summed E-state index contributed by atoms with van der Waals surface area (Å²) in [5.74, 6) is 2.35. The summed E-state index contributed by atoms with van der Waals surface area (Å²) >= 11 is 5.51. The van der Waals surface area contributed by atoms with Gasteiger partial charge in [-0.3, -0.25) is 0 Å². The molecular formula is C14H23BrNS+. The summed E-state index contributed by atoms with van der Waals surface area (Å²) < 4.78 is 3.38. The lowest BCUT2D eigenvalue weighted by Crippen LogP contribution is -2.30. The topological polar surface area (TPSA) is 3.88 Å². The number of nitrogens with zero attached hydrogens (tertiary/aromatic N) is 1. The van der Waals surface area contributed by atoms with Crippen LogP contribution in [0.3, 0.4) is 0 Å². The number of thioether (sulfide) groups is 1. The highest BCUT2D eigenvalue weighted by atomic mass is 79.9. The van der Waals surface area contributed by atoms with Gasteiger partial charge in [0.25, 0.3) is 0 Å². The van der Waals surface area contributed by atoms with E-state index in [0.29, 0.717) is 0 Å². The molecule has 0 unspecified atom stereocenters. The molecule has 1 heterocycles. The van der Waals surface area contributed by atoms with Crippen molar-refractivity contribution in [2.75, 3.05) is 5.75 Å². The van der Waals surface area contributed by atoms with Gasteiger partial charge in [-0.25, -0.2) is 0 Å². The van der Waals surface area contributed by atoms with Crippen molar-refractivity contribution < 1.29 is 4.57 Å². The van der Waals surface area contributed by atoms with Crippen molar-refractivity contribution in [3.05, 3.63) is 29.0 Å². The molecule has 0 atom stereocenters. The predicted octanol–water partition coefficient (Wildman–Crippen LogP) is 4.79. The highest BCUT2D eigenvalue weighted by Gasteiger charge is 2.00. The zero-order valence-corrected chi connectivity index (χ0v) is 13.1. The van der Waals surface area contributed by atoms with Gasteiger partial charge in [0.05, 0.1) is 4.47 Å². The van der Waals surface area contributed by atoms with Crippen LogP contribution in [0, 0.1) is 0 Å². The van der Waals surface area contributed by atoms with E-state index >= 15 is 0 Å². The summed E-state index contributed by atoms with van der Waals surface area (Å²) in [4.78, 5) is 0. The van der Waals surface area contributed by atoms with E-state index in [1.165, 1.54) is 44.3 Å². The number of pyridine rings is 1. The van der Waals surface area contributed by atoms with Crippen molar-refractivity contribution in [1.29, 1.82) is 0 Å². The first-order valence-electron chi connectivity index (χ1n) is 6.55. The summed E-state index contributed by atoms with van der Waals surface area (Å²) in [5.41, 5.74) is 0. The molecule has 0 spiro atoms. The smallest absolute Gasteiger partial charge is 0.194 e. The van der Waals surface area contributed by atoms with Gasteiger partial charge in [0.15, 0.2) is 18.3 Å². The first kappa shape index (κ1) is 15.0. The Hall–Kier alpha value is -0.0200. The van der Waals surface area contributed by atoms with Crippen molar-refractivity contribution in [1.82, 2.24) is 0 Å². The molecule has 0 aliphatic carbocycles. The Morgan fingerprint density at radius 3 is 2.71 bits per heavy atom. The molecule has 3 heteroatoms. The average molecular weight is 317 g/mol. The van der Waals surface area contributed by atoms with E-state index < -0.39 is 0 Å². The molecule has 0 saturated carbocycles. The van der Waals surface area contributed by atoms with Crippen LogP contribution in [0.2, 0.25) is 0 Å². The molecule has 0 fully saturated rings. The molecule has 0 aliphatic rings. The lowest BCUT2D eigenvalue weighted by Gasteiger charge is -2.00. The largest absolute Gasteiger partial charge is 0.194 e. The van der Waals surface area contributed by atoms with E-state index in [4.69, 9.17) is 0 Å². The molecule has 0 N–H and O–H groups in total. The summed E-state index contributed by atoms with van der Waals surface area (Å²) in [6.45, 7) is 2.27. The fraction of sp³-hybridized carbons (Fsp3) is 0.643. The van der Waals surface area contributed by atoms with Crippen LogP contribution >= 0.6 is 27.7 Å². The van der Waals surface area contributed by atoms with Crippen LogP contribution in [0.1, 0.15) is 45.4 Å². The molecule has 0 amide bonds. The van der Waals surface area contributed by atoms with Crippen molar-refractivity contribution in [3.63, 3.8) is 0 Å². The number of hydrogen-bond acceptors (Lipinski definition) is 1. The molecule has 1 nitrogen and oxygen atoms in total. The van der Waals surface area contributed by atoms with Crippen LogP contribution < -0.4 is 4.57 Å². The van der Waals surface area contributed by atoms with E-state index in [1.807, 2.05) is 11.8 Å². The summed E-state index contributed by atoms with van der Waals surface area (Å²) in [5, 5.41) is 0. The molecule has 0 radical (unpaired) electrons. The van der Waals surface area contributed by atoms with Crippen LogP contribution in [0.4, 0.5) is 0 Å². The van der Waals surface area contributed by atoms with E-state index in [-0.39, 0.29) is 0 Å². The Morgan fingerprint density at radius 2 is 1.94 bits per heavy atom. The first-order valence-corrected chi connectivity index (χ1v) is 8.50. The van der Waals surface area contributed by atoms with E-state index in [0.717, 1.165) is 10.3 Å². The Morgan fingerprint density at radius 1 is 1.18 bits per heavy atom. The number of rotatable bonds is 9. The minimum absolute atomic E-state index is 1.06. The maximum Gasteiger partial charge on any atom is 0.194 e. The molecule has 0 bridgehead atoms. The minimum Gasteiger partial charge on any atom is -0.194 e. The second kappa shape index (κ2) is 9.95.